The molecule has 0 fully saturated rings. The summed E-state index contributed by atoms with van der Waals surface area (Å²) in [6.07, 6.45) is 16.0. The van der Waals surface area contributed by atoms with Gasteiger partial charge >= 0.3 is 0 Å². The summed E-state index contributed by atoms with van der Waals surface area (Å²) in [6.45, 7) is 2.33. The lowest BCUT2D eigenvalue weighted by atomic mass is 10.0. The molecular formula is C32H25OS2+. The zero-order valence-corrected chi connectivity index (χ0v) is 21.1. The molecule has 0 saturated carbocycles. The molecule has 2 aliphatic carbocycles. The number of ketones is 1. The zero-order valence-electron chi connectivity index (χ0n) is 19.5. The van der Waals surface area contributed by atoms with Crippen molar-refractivity contribution in [3.63, 3.8) is 0 Å². The Labute approximate surface area is 214 Å². The molecule has 35 heavy (non-hydrogen) atoms. The first-order chi connectivity index (χ1) is 17.1. The van der Waals surface area contributed by atoms with Gasteiger partial charge in [0, 0.05) is 33.4 Å². The van der Waals surface area contributed by atoms with E-state index >= 15 is 0 Å². The molecule has 0 heterocycles. The van der Waals surface area contributed by atoms with E-state index in [9.17, 15) is 4.79 Å². The van der Waals surface area contributed by atoms with Crippen LogP contribution in [0.5, 0.6) is 0 Å². The summed E-state index contributed by atoms with van der Waals surface area (Å²) in [4.78, 5) is 17.4. The summed E-state index contributed by atoms with van der Waals surface area (Å²) in [6, 6.07) is 26.2. The fourth-order valence-electron chi connectivity index (χ4n) is 4.17. The van der Waals surface area contributed by atoms with Crippen molar-refractivity contribution in [2.24, 2.45) is 0 Å². The van der Waals surface area contributed by atoms with E-state index in [0.717, 1.165) is 11.3 Å². The number of carbonyl (C=O) groups excluding carboxylic acids is 1. The Morgan fingerprint density at radius 2 is 1.54 bits per heavy atom. The van der Waals surface area contributed by atoms with E-state index in [0.29, 0.717) is 11.1 Å². The lowest BCUT2D eigenvalue weighted by Crippen LogP contribution is -2.34. The van der Waals surface area contributed by atoms with Crippen molar-refractivity contribution in [3.8, 4) is 0 Å². The Morgan fingerprint density at radius 3 is 2.17 bits per heavy atom. The summed E-state index contributed by atoms with van der Waals surface area (Å²) < 4.78 is 0.0101. The van der Waals surface area contributed by atoms with E-state index in [2.05, 4.69) is 73.0 Å². The molecule has 0 bridgehead atoms. The highest BCUT2D eigenvalue weighted by atomic mass is 32.2. The van der Waals surface area contributed by atoms with E-state index in [1.165, 1.54) is 14.7 Å². The highest BCUT2D eigenvalue weighted by Gasteiger charge is 2.45. The van der Waals surface area contributed by atoms with Crippen LogP contribution in [-0.2, 0) is 10.9 Å². The van der Waals surface area contributed by atoms with Crippen molar-refractivity contribution in [3.05, 3.63) is 149 Å². The molecule has 0 aromatic heterocycles. The minimum atomic E-state index is -0.156. The molecular weight excluding hydrogens is 464 g/mol. The van der Waals surface area contributed by atoms with Gasteiger partial charge in [0.1, 0.15) is 0 Å². The molecule has 0 spiro atoms. The Hall–Kier alpha value is -3.45. The van der Waals surface area contributed by atoms with Crippen LogP contribution in [0.25, 0.3) is 0 Å². The Kier molecular flexibility index (Phi) is 6.95. The molecule has 0 saturated heterocycles. The lowest BCUT2D eigenvalue weighted by molar-refractivity contribution is 0.103. The van der Waals surface area contributed by atoms with Gasteiger partial charge in [-0.05, 0) is 79.4 Å². The third kappa shape index (κ3) is 5.30. The van der Waals surface area contributed by atoms with Gasteiger partial charge in [0.05, 0.1) is 10.9 Å². The first-order valence-corrected chi connectivity index (χ1v) is 13.6. The first-order valence-electron chi connectivity index (χ1n) is 11.6. The maximum atomic E-state index is 12.7. The van der Waals surface area contributed by atoms with Gasteiger partial charge in [-0.1, -0.05) is 66.1 Å². The molecule has 0 amide bonds. The summed E-state index contributed by atoms with van der Waals surface area (Å²) in [5.41, 5.74) is 7.93. The fourth-order valence-corrected chi connectivity index (χ4v) is 7.55. The van der Waals surface area contributed by atoms with Crippen LogP contribution in [0.1, 0.15) is 29.3 Å². The van der Waals surface area contributed by atoms with Crippen LogP contribution in [-0.4, -0.2) is 10.5 Å². The standard InChI is InChI=1S/C32H25OS2/c1-32(23-9-4-10-24-32)35(29-13-7-3-8-14-29)30-21-19-28(20-22-30)34-27-17-15-26(16-18-27)31(33)25-11-5-2-6-12-25/h2-7,9-13,15-23H,24H2,1H3/q+1. The highest BCUT2D eigenvalue weighted by Crippen LogP contribution is 2.40. The van der Waals surface area contributed by atoms with Crippen LogP contribution >= 0.6 is 11.8 Å². The summed E-state index contributed by atoms with van der Waals surface area (Å²) in [7, 11) is -0.156. The van der Waals surface area contributed by atoms with Crippen LogP contribution in [0.4, 0.5) is 0 Å². The number of benzene rings is 3. The van der Waals surface area contributed by atoms with Gasteiger partial charge in [-0.15, -0.1) is 0 Å². The third-order valence-electron chi connectivity index (χ3n) is 5.98. The predicted octanol–water partition coefficient (Wildman–Crippen LogP) is 8.08. The molecule has 2 unspecified atom stereocenters. The Bertz CT molecular complexity index is 1410. The molecule has 3 aromatic carbocycles. The van der Waals surface area contributed by atoms with Crippen molar-refractivity contribution in [1.82, 2.24) is 0 Å². The topological polar surface area (TPSA) is 17.1 Å². The number of rotatable bonds is 7. The van der Waals surface area contributed by atoms with E-state index < -0.39 is 0 Å². The summed E-state index contributed by atoms with van der Waals surface area (Å²) >= 11 is 1.71. The van der Waals surface area contributed by atoms with Crippen molar-refractivity contribution in [2.75, 3.05) is 0 Å². The largest absolute Gasteiger partial charge is 0.289 e. The average Bonchev–Trinajstić information content (AvgIpc) is 2.91. The smallest absolute Gasteiger partial charge is 0.211 e. The van der Waals surface area contributed by atoms with Crippen molar-refractivity contribution in [2.45, 2.75) is 32.8 Å². The number of hydrogen-bond donors (Lipinski definition) is 0. The molecule has 2 atom stereocenters. The fraction of sp³-hybridized carbons (Fsp3) is 0.0938. The zero-order chi connectivity index (χ0) is 24.1. The normalized spacial score (nSPS) is 18.9. The second-order valence-corrected chi connectivity index (χ2v) is 12.2. The third-order valence-corrected chi connectivity index (χ3v) is 9.65. The maximum Gasteiger partial charge on any atom is 0.211 e. The van der Waals surface area contributed by atoms with Crippen molar-refractivity contribution >= 4 is 28.4 Å². The van der Waals surface area contributed by atoms with Gasteiger partial charge in [0.2, 0.25) is 4.91 Å². The van der Waals surface area contributed by atoms with Crippen LogP contribution in [0, 0.1) is 0 Å². The maximum absolute atomic E-state index is 12.7. The molecule has 170 valence electrons. The van der Waals surface area contributed by atoms with Crippen molar-refractivity contribution < 1.29 is 4.79 Å². The van der Waals surface area contributed by atoms with E-state index in [1.54, 1.807) is 11.8 Å². The van der Waals surface area contributed by atoms with Gasteiger partial charge < -0.3 is 0 Å². The predicted molar refractivity (Wildman–Crippen MR) is 148 cm³/mol. The lowest BCUT2D eigenvalue weighted by Gasteiger charge is -2.26. The monoisotopic (exact) mass is 489 g/mol. The van der Waals surface area contributed by atoms with Gasteiger partial charge in [-0.2, -0.15) is 0 Å². The highest BCUT2D eigenvalue weighted by molar-refractivity contribution is 8.02. The van der Waals surface area contributed by atoms with Crippen LogP contribution < -0.4 is 0 Å². The minimum absolute atomic E-state index is 0.0101. The quantitative estimate of drug-likeness (QED) is 0.190. The van der Waals surface area contributed by atoms with E-state index in [1.807, 2.05) is 66.7 Å². The van der Waals surface area contributed by atoms with Crippen molar-refractivity contribution in [1.29, 1.82) is 0 Å². The van der Waals surface area contributed by atoms with E-state index in [4.69, 9.17) is 0 Å². The molecule has 5 rings (SSSR count). The first kappa shape index (κ1) is 23.3. The van der Waals surface area contributed by atoms with Crippen LogP contribution in [0.15, 0.2) is 152 Å². The number of carbonyl (C=O) groups is 1. The molecule has 3 aromatic rings. The van der Waals surface area contributed by atoms with Gasteiger partial charge in [0.15, 0.2) is 15.4 Å². The summed E-state index contributed by atoms with van der Waals surface area (Å²) in [5, 5.41) is 0. The SMILES string of the molecule is CC1([S+](C2=C=C=CC=C2)c2ccc(Sc3ccc(C(=O)c4ccccc4)cc3)cc2)C=CC=CC1. The number of allylic oxidation sites excluding steroid dienone is 6. The summed E-state index contributed by atoms with van der Waals surface area (Å²) in [5.74, 6) is 0.0496. The second-order valence-electron chi connectivity index (χ2n) is 8.56. The molecule has 1 nitrogen and oxygen atoms in total. The minimum Gasteiger partial charge on any atom is -0.289 e. The second kappa shape index (κ2) is 10.4. The van der Waals surface area contributed by atoms with Gasteiger partial charge in [0.25, 0.3) is 0 Å². The number of hydrogen-bond acceptors (Lipinski definition) is 2. The molecule has 3 heteroatoms. The van der Waals surface area contributed by atoms with Crippen LogP contribution in [0.3, 0.4) is 0 Å². The molecule has 0 aliphatic heterocycles. The van der Waals surface area contributed by atoms with E-state index in [-0.39, 0.29) is 21.4 Å². The Balaban J connectivity index is 1.35. The Morgan fingerprint density at radius 1 is 0.857 bits per heavy atom. The van der Waals surface area contributed by atoms with Gasteiger partial charge in [-0.3, -0.25) is 4.79 Å². The molecule has 0 radical (unpaired) electrons. The molecule has 2 aliphatic rings. The average molecular weight is 490 g/mol. The van der Waals surface area contributed by atoms with Crippen LogP contribution in [0.2, 0.25) is 0 Å². The molecule has 0 N–H and O–H groups in total. The van der Waals surface area contributed by atoms with Gasteiger partial charge in [-0.25, -0.2) is 0 Å².